The quantitative estimate of drug-likeness (QED) is 0.578. The van der Waals surface area contributed by atoms with Crippen molar-refractivity contribution >= 4 is 10.0 Å². The Hall–Kier alpha value is -2.72. The molecule has 4 rings (SSSR count). The van der Waals surface area contributed by atoms with Crippen molar-refractivity contribution in [2.75, 3.05) is 18.8 Å². The molecule has 3 aromatic rings. The van der Waals surface area contributed by atoms with E-state index in [2.05, 4.69) is 25.1 Å². The third kappa shape index (κ3) is 4.18. The van der Waals surface area contributed by atoms with Crippen molar-refractivity contribution < 1.29 is 12.9 Å². The minimum absolute atomic E-state index is 0.116. The number of nitrogens with zero attached hydrogens (tertiary/aromatic N) is 6. The lowest BCUT2D eigenvalue weighted by Gasteiger charge is -2.16. The first-order valence-corrected chi connectivity index (χ1v) is 11.2. The molecule has 1 aliphatic rings. The number of pyridine rings is 1. The summed E-state index contributed by atoms with van der Waals surface area (Å²) < 4.78 is 32.7. The number of unbranched alkanes of at least 4 members (excludes halogenated alkanes) is 1. The molecule has 10 heteroatoms. The first-order chi connectivity index (χ1) is 14.1. The summed E-state index contributed by atoms with van der Waals surface area (Å²) in [6, 6.07) is 3.80. The fraction of sp³-hybridized carbons (Fsp3) is 0.421. The fourth-order valence-corrected chi connectivity index (χ4v) is 5.23. The van der Waals surface area contributed by atoms with Crippen LogP contribution in [0.2, 0.25) is 0 Å². The Labute approximate surface area is 169 Å². The summed E-state index contributed by atoms with van der Waals surface area (Å²) in [5.41, 5.74) is 1.45. The fourth-order valence-electron chi connectivity index (χ4n) is 3.54. The molecule has 0 N–H and O–H groups in total. The molecule has 152 valence electrons. The zero-order valence-corrected chi connectivity index (χ0v) is 16.9. The highest BCUT2D eigenvalue weighted by atomic mass is 32.2. The molecular formula is C19H22N6O3S. The summed E-state index contributed by atoms with van der Waals surface area (Å²) in [4.78, 5) is 16.9. The predicted octanol–water partition coefficient (Wildman–Crippen LogP) is 2.23. The van der Waals surface area contributed by atoms with Gasteiger partial charge in [0.25, 0.3) is 0 Å². The molecule has 1 aliphatic heterocycles. The number of rotatable bonds is 7. The van der Waals surface area contributed by atoms with Gasteiger partial charge < -0.3 is 4.52 Å². The second kappa shape index (κ2) is 8.34. The van der Waals surface area contributed by atoms with E-state index in [-0.39, 0.29) is 17.6 Å². The van der Waals surface area contributed by atoms with Crippen molar-refractivity contribution in [3.63, 3.8) is 0 Å². The van der Waals surface area contributed by atoms with Gasteiger partial charge in [-0.15, -0.1) is 0 Å². The molecule has 0 radical (unpaired) electrons. The van der Waals surface area contributed by atoms with Crippen LogP contribution in [0, 0.1) is 0 Å². The summed E-state index contributed by atoms with van der Waals surface area (Å²) in [6.45, 7) is 2.65. The van der Waals surface area contributed by atoms with Gasteiger partial charge in [-0.1, -0.05) is 24.6 Å². The van der Waals surface area contributed by atoms with Crippen LogP contribution in [-0.4, -0.2) is 56.7 Å². The molecule has 9 nitrogen and oxygen atoms in total. The van der Waals surface area contributed by atoms with E-state index in [1.54, 1.807) is 31.0 Å². The Morgan fingerprint density at radius 1 is 1.14 bits per heavy atom. The molecule has 2 atom stereocenters. The Balaban J connectivity index is 1.65. The minimum Gasteiger partial charge on any atom is -0.339 e. The van der Waals surface area contributed by atoms with E-state index < -0.39 is 10.0 Å². The van der Waals surface area contributed by atoms with Crippen LogP contribution in [0.3, 0.4) is 0 Å². The van der Waals surface area contributed by atoms with Crippen LogP contribution in [0.5, 0.6) is 0 Å². The summed E-state index contributed by atoms with van der Waals surface area (Å²) >= 11 is 0. The summed E-state index contributed by atoms with van der Waals surface area (Å²) in [6.07, 6.45) is 9.61. The molecule has 0 bridgehead atoms. The van der Waals surface area contributed by atoms with E-state index in [4.69, 9.17) is 4.52 Å². The Kier molecular flexibility index (Phi) is 5.63. The highest BCUT2D eigenvalue weighted by Gasteiger charge is 2.42. The molecule has 29 heavy (non-hydrogen) atoms. The van der Waals surface area contributed by atoms with Crippen LogP contribution < -0.4 is 0 Å². The van der Waals surface area contributed by atoms with Crippen molar-refractivity contribution in [2.24, 2.45) is 0 Å². The van der Waals surface area contributed by atoms with Gasteiger partial charge in [0.2, 0.25) is 21.7 Å². The van der Waals surface area contributed by atoms with Gasteiger partial charge >= 0.3 is 0 Å². The molecule has 3 aromatic heterocycles. The summed E-state index contributed by atoms with van der Waals surface area (Å²) in [5, 5.41) is 4.02. The van der Waals surface area contributed by atoms with E-state index in [9.17, 15) is 8.42 Å². The molecule has 1 fully saturated rings. The minimum atomic E-state index is -3.35. The van der Waals surface area contributed by atoms with Crippen molar-refractivity contribution in [2.45, 2.75) is 31.6 Å². The first kappa shape index (κ1) is 19.6. The molecular weight excluding hydrogens is 392 g/mol. The van der Waals surface area contributed by atoms with Gasteiger partial charge in [0.1, 0.15) is 5.69 Å². The second-order valence-electron chi connectivity index (χ2n) is 7.03. The highest BCUT2D eigenvalue weighted by Crippen LogP contribution is 2.40. The first-order valence-electron chi connectivity index (χ1n) is 9.56. The summed E-state index contributed by atoms with van der Waals surface area (Å²) in [7, 11) is -3.35. The Bertz CT molecular complexity index is 1040. The van der Waals surface area contributed by atoms with Gasteiger partial charge in [-0.25, -0.2) is 17.7 Å². The van der Waals surface area contributed by atoms with Crippen LogP contribution in [0.4, 0.5) is 0 Å². The smallest absolute Gasteiger partial charge is 0.232 e. The van der Waals surface area contributed by atoms with Crippen LogP contribution in [0.25, 0.3) is 11.5 Å². The average molecular weight is 414 g/mol. The molecule has 0 saturated carbocycles. The second-order valence-corrected chi connectivity index (χ2v) is 9.12. The van der Waals surface area contributed by atoms with Crippen molar-refractivity contribution in [1.29, 1.82) is 0 Å². The monoisotopic (exact) mass is 414 g/mol. The molecule has 0 unspecified atom stereocenters. The molecule has 0 aromatic carbocycles. The van der Waals surface area contributed by atoms with Gasteiger partial charge in [0.15, 0.2) is 0 Å². The van der Waals surface area contributed by atoms with Gasteiger partial charge in [0, 0.05) is 43.8 Å². The number of hydrogen-bond donors (Lipinski definition) is 0. The van der Waals surface area contributed by atoms with Crippen LogP contribution in [0.1, 0.15) is 43.1 Å². The van der Waals surface area contributed by atoms with Crippen molar-refractivity contribution in [3.8, 4) is 11.5 Å². The average Bonchev–Trinajstić information content (AvgIpc) is 3.41. The van der Waals surface area contributed by atoms with E-state index in [1.807, 2.05) is 19.1 Å². The largest absolute Gasteiger partial charge is 0.339 e. The summed E-state index contributed by atoms with van der Waals surface area (Å²) in [5.74, 6) is 0.506. The maximum absolute atomic E-state index is 12.8. The van der Waals surface area contributed by atoms with Crippen LogP contribution >= 0.6 is 0 Å². The lowest BCUT2D eigenvalue weighted by atomic mass is 9.90. The normalized spacial score (nSPS) is 20.2. The third-order valence-corrected chi connectivity index (χ3v) is 6.99. The van der Waals surface area contributed by atoms with Crippen molar-refractivity contribution in [3.05, 3.63) is 54.6 Å². The van der Waals surface area contributed by atoms with E-state index in [0.717, 1.165) is 12.0 Å². The topological polar surface area (TPSA) is 115 Å². The van der Waals surface area contributed by atoms with E-state index in [1.165, 1.54) is 4.31 Å². The molecule has 4 heterocycles. The SMILES string of the molecule is CCCCS(=O)(=O)N1C[C@@H](c2cccnc2)[C@H](c2nc(-c3cnccn3)no2)C1. The molecule has 0 aliphatic carbocycles. The lowest BCUT2D eigenvalue weighted by molar-refractivity contribution is 0.348. The molecule has 1 saturated heterocycles. The Morgan fingerprint density at radius 2 is 1.97 bits per heavy atom. The lowest BCUT2D eigenvalue weighted by Crippen LogP contribution is -2.31. The molecule has 0 spiro atoms. The number of sulfonamides is 1. The Morgan fingerprint density at radius 3 is 2.69 bits per heavy atom. The maximum Gasteiger partial charge on any atom is 0.232 e. The van der Waals surface area contributed by atoms with Gasteiger partial charge in [0.05, 0.1) is 17.9 Å². The number of aromatic nitrogens is 5. The van der Waals surface area contributed by atoms with Gasteiger partial charge in [-0.2, -0.15) is 4.98 Å². The molecule has 0 amide bonds. The number of hydrogen-bond acceptors (Lipinski definition) is 8. The highest BCUT2D eigenvalue weighted by molar-refractivity contribution is 7.89. The maximum atomic E-state index is 12.8. The van der Waals surface area contributed by atoms with Crippen LogP contribution in [0.15, 0.2) is 47.6 Å². The van der Waals surface area contributed by atoms with E-state index in [0.29, 0.717) is 36.9 Å². The zero-order chi connectivity index (χ0) is 20.3. The van der Waals surface area contributed by atoms with Crippen LogP contribution in [-0.2, 0) is 10.0 Å². The standard InChI is InChI=1S/C19H22N6O3S/c1-2-3-9-29(26,27)25-12-15(14-5-4-6-20-10-14)16(13-25)19-23-18(24-28-19)17-11-21-7-8-22-17/h4-8,10-11,15-16H,2-3,9,12-13H2,1H3/t15-,16+/m0/s1. The van der Waals surface area contributed by atoms with Gasteiger partial charge in [-0.05, 0) is 18.1 Å². The van der Waals surface area contributed by atoms with E-state index >= 15 is 0 Å². The zero-order valence-electron chi connectivity index (χ0n) is 16.0. The predicted molar refractivity (Wildman–Crippen MR) is 105 cm³/mol. The van der Waals surface area contributed by atoms with Gasteiger partial charge in [-0.3, -0.25) is 9.97 Å². The third-order valence-electron chi connectivity index (χ3n) is 5.10. The van der Waals surface area contributed by atoms with Crippen molar-refractivity contribution in [1.82, 2.24) is 29.4 Å².